The van der Waals surface area contributed by atoms with E-state index in [1.165, 1.54) is 16.0 Å². The number of likely N-dealkylation sites (tertiary alicyclic amines) is 1. The molecule has 0 saturated carbocycles. The van der Waals surface area contributed by atoms with E-state index in [2.05, 4.69) is 22.0 Å². The highest BCUT2D eigenvalue weighted by molar-refractivity contribution is 9.10. The lowest BCUT2D eigenvalue weighted by atomic mass is 9.92. The van der Waals surface area contributed by atoms with Crippen LogP contribution in [0.5, 0.6) is 0 Å². The molecule has 3 rings (SSSR count). The van der Waals surface area contributed by atoms with Crippen molar-refractivity contribution in [1.29, 1.82) is 0 Å². The van der Waals surface area contributed by atoms with Crippen LogP contribution in [0.1, 0.15) is 23.5 Å². The first kappa shape index (κ1) is 13.1. The Morgan fingerprint density at radius 1 is 1.47 bits per heavy atom. The highest BCUT2D eigenvalue weighted by Crippen LogP contribution is 2.37. The number of carbonyl (C=O) groups excluding carboxylic acids is 1. The van der Waals surface area contributed by atoms with Gasteiger partial charge in [0, 0.05) is 10.4 Å². The van der Waals surface area contributed by atoms with E-state index in [-0.39, 0.29) is 24.9 Å². The van der Waals surface area contributed by atoms with Crippen molar-refractivity contribution < 1.29 is 9.18 Å². The summed E-state index contributed by atoms with van der Waals surface area (Å²) in [5, 5.41) is 0. The molecule has 1 aromatic carbocycles. The quantitative estimate of drug-likeness (QED) is 0.903. The van der Waals surface area contributed by atoms with Crippen molar-refractivity contribution in [3.8, 4) is 0 Å². The molecule has 0 unspecified atom stereocenters. The van der Waals surface area contributed by atoms with Crippen LogP contribution in [0.4, 0.5) is 4.39 Å². The van der Waals surface area contributed by atoms with Crippen LogP contribution in [0.15, 0.2) is 22.7 Å². The minimum absolute atomic E-state index is 0.0641. The average molecular weight is 327 g/mol. The van der Waals surface area contributed by atoms with Gasteiger partial charge in [-0.1, -0.05) is 22.0 Å². The molecule has 0 spiro atoms. The van der Waals surface area contributed by atoms with Crippen molar-refractivity contribution in [2.45, 2.75) is 31.0 Å². The molecule has 0 radical (unpaired) electrons. The lowest BCUT2D eigenvalue weighted by Gasteiger charge is -2.37. The van der Waals surface area contributed by atoms with E-state index < -0.39 is 12.2 Å². The molecule has 1 fully saturated rings. The average Bonchev–Trinajstić information content (AvgIpc) is 2.76. The van der Waals surface area contributed by atoms with Crippen LogP contribution in [0.25, 0.3) is 0 Å². The van der Waals surface area contributed by atoms with Gasteiger partial charge in [-0.15, -0.1) is 0 Å². The van der Waals surface area contributed by atoms with Gasteiger partial charge in [0.1, 0.15) is 6.17 Å². The van der Waals surface area contributed by atoms with Gasteiger partial charge in [0.2, 0.25) is 5.91 Å². The first-order chi connectivity index (χ1) is 9.06. The molecule has 1 aromatic rings. The standard InChI is InChI=1S/C14H16BrFN2O/c15-9-2-4-11-8(5-9)1-3-12(11)13(17)14(19)18-6-10(16)7-18/h2,4-5,10,12-13H,1,3,6-7,17H2/t12-,13-/m0/s1. The third-order valence-corrected chi connectivity index (χ3v) is 4.59. The van der Waals surface area contributed by atoms with Crippen molar-refractivity contribution in [2.24, 2.45) is 5.73 Å². The van der Waals surface area contributed by atoms with Crippen molar-refractivity contribution in [3.05, 3.63) is 33.8 Å². The Labute approximate surface area is 120 Å². The highest BCUT2D eigenvalue weighted by atomic mass is 79.9. The van der Waals surface area contributed by atoms with E-state index >= 15 is 0 Å². The van der Waals surface area contributed by atoms with Crippen LogP contribution in [0.3, 0.4) is 0 Å². The fraction of sp³-hybridized carbons (Fsp3) is 0.500. The number of nitrogens with zero attached hydrogens (tertiary/aromatic N) is 1. The van der Waals surface area contributed by atoms with Crippen LogP contribution in [-0.4, -0.2) is 36.1 Å². The smallest absolute Gasteiger partial charge is 0.240 e. The summed E-state index contributed by atoms with van der Waals surface area (Å²) in [6.45, 7) is 0.402. The normalized spacial score (nSPS) is 23.9. The fourth-order valence-corrected chi connectivity index (χ4v) is 3.39. The van der Waals surface area contributed by atoms with Crippen molar-refractivity contribution >= 4 is 21.8 Å². The lowest BCUT2D eigenvalue weighted by Crippen LogP contribution is -2.57. The molecule has 5 heteroatoms. The Morgan fingerprint density at radius 3 is 2.89 bits per heavy atom. The Morgan fingerprint density at radius 2 is 2.21 bits per heavy atom. The molecule has 0 aromatic heterocycles. The maximum absolute atomic E-state index is 12.8. The third-order valence-electron chi connectivity index (χ3n) is 4.10. The van der Waals surface area contributed by atoms with E-state index in [9.17, 15) is 9.18 Å². The second kappa shape index (κ2) is 4.87. The molecule has 2 atom stereocenters. The lowest BCUT2D eigenvalue weighted by molar-refractivity contribution is -0.140. The molecule has 1 saturated heterocycles. The molecule has 1 heterocycles. The van der Waals surface area contributed by atoms with E-state index in [0.29, 0.717) is 0 Å². The fourth-order valence-electron chi connectivity index (χ4n) is 2.98. The number of rotatable bonds is 2. The Balaban J connectivity index is 1.76. The molecular weight excluding hydrogens is 311 g/mol. The summed E-state index contributed by atoms with van der Waals surface area (Å²) in [4.78, 5) is 13.7. The first-order valence-corrected chi connectivity index (χ1v) is 7.32. The first-order valence-electron chi connectivity index (χ1n) is 6.53. The number of amides is 1. The number of fused-ring (bicyclic) bond motifs is 1. The highest BCUT2D eigenvalue weighted by Gasteiger charge is 2.38. The molecule has 1 aliphatic heterocycles. The predicted molar refractivity (Wildman–Crippen MR) is 74.7 cm³/mol. The molecule has 0 bridgehead atoms. The van der Waals surface area contributed by atoms with E-state index in [4.69, 9.17) is 5.73 Å². The number of nitrogens with two attached hydrogens (primary N) is 1. The van der Waals surface area contributed by atoms with Gasteiger partial charge in [-0.2, -0.15) is 0 Å². The van der Waals surface area contributed by atoms with E-state index in [1.54, 1.807) is 0 Å². The summed E-state index contributed by atoms with van der Waals surface area (Å²) in [7, 11) is 0. The van der Waals surface area contributed by atoms with Crippen LogP contribution in [0, 0.1) is 0 Å². The van der Waals surface area contributed by atoms with Gasteiger partial charge in [-0.05, 0) is 36.1 Å². The summed E-state index contributed by atoms with van der Waals surface area (Å²) in [6, 6.07) is 5.57. The second-order valence-electron chi connectivity index (χ2n) is 5.35. The number of aryl methyl sites for hydroxylation is 1. The van der Waals surface area contributed by atoms with Crippen LogP contribution >= 0.6 is 15.9 Å². The van der Waals surface area contributed by atoms with Gasteiger partial charge in [-0.3, -0.25) is 4.79 Å². The Hall–Kier alpha value is -0.940. The number of hydrogen-bond donors (Lipinski definition) is 1. The van der Waals surface area contributed by atoms with Gasteiger partial charge >= 0.3 is 0 Å². The summed E-state index contributed by atoms with van der Waals surface area (Å²) in [5.41, 5.74) is 8.53. The molecule has 102 valence electrons. The molecule has 2 aliphatic rings. The zero-order chi connectivity index (χ0) is 13.6. The molecular formula is C14H16BrFN2O. The van der Waals surface area contributed by atoms with Crippen molar-refractivity contribution in [2.75, 3.05) is 13.1 Å². The summed E-state index contributed by atoms with van der Waals surface area (Å²) in [5.74, 6) is -0.0519. The van der Waals surface area contributed by atoms with Gasteiger partial charge in [-0.25, -0.2) is 4.39 Å². The van der Waals surface area contributed by atoms with Gasteiger partial charge in [0.05, 0.1) is 19.1 Å². The van der Waals surface area contributed by atoms with Crippen LogP contribution in [0.2, 0.25) is 0 Å². The molecule has 1 aliphatic carbocycles. The van der Waals surface area contributed by atoms with Gasteiger partial charge in [0.15, 0.2) is 0 Å². The summed E-state index contributed by atoms with van der Waals surface area (Å²) < 4.78 is 13.9. The van der Waals surface area contributed by atoms with Crippen molar-refractivity contribution in [3.63, 3.8) is 0 Å². The molecule has 2 N–H and O–H groups in total. The topological polar surface area (TPSA) is 46.3 Å². The number of benzene rings is 1. The SMILES string of the molecule is N[C@H](C(=O)N1CC(F)C1)[C@H]1CCc2cc(Br)ccc21. The maximum Gasteiger partial charge on any atom is 0.240 e. The van der Waals surface area contributed by atoms with Gasteiger partial charge < -0.3 is 10.6 Å². The van der Waals surface area contributed by atoms with Crippen LogP contribution in [-0.2, 0) is 11.2 Å². The van der Waals surface area contributed by atoms with Gasteiger partial charge in [0.25, 0.3) is 0 Å². The molecule has 19 heavy (non-hydrogen) atoms. The third kappa shape index (κ3) is 2.30. The van der Waals surface area contributed by atoms with Crippen LogP contribution < -0.4 is 5.73 Å². The number of hydrogen-bond acceptors (Lipinski definition) is 2. The number of carbonyl (C=O) groups is 1. The zero-order valence-corrected chi connectivity index (χ0v) is 12.1. The minimum atomic E-state index is -0.872. The predicted octanol–water partition coefficient (Wildman–Crippen LogP) is 1.99. The zero-order valence-electron chi connectivity index (χ0n) is 10.5. The minimum Gasteiger partial charge on any atom is -0.335 e. The monoisotopic (exact) mass is 326 g/mol. The van der Waals surface area contributed by atoms with Crippen molar-refractivity contribution in [1.82, 2.24) is 4.90 Å². The Bertz CT molecular complexity index is 516. The van der Waals surface area contributed by atoms with E-state index in [1.807, 2.05) is 12.1 Å². The maximum atomic E-state index is 12.8. The molecule has 1 amide bonds. The number of alkyl halides is 1. The Kier molecular flexibility index (Phi) is 3.35. The summed E-state index contributed by atoms with van der Waals surface area (Å²) in [6.07, 6.45) is 0.973. The largest absolute Gasteiger partial charge is 0.335 e. The number of halogens is 2. The second-order valence-corrected chi connectivity index (χ2v) is 6.27. The molecule has 3 nitrogen and oxygen atoms in total. The summed E-state index contributed by atoms with van der Waals surface area (Å²) >= 11 is 3.45. The van der Waals surface area contributed by atoms with E-state index in [0.717, 1.165) is 17.3 Å².